The second-order valence-electron chi connectivity index (χ2n) is 6.47. The molecule has 1 saturated heterocycles. The first-order valence-corrected chi connectivity index (χ1v) is 8.88. The van der Waals surface area contributed by atoms with Gasteiger partial charge in [0.25, 0.3) is 0 Å². The highest BCUT2D eigenvalue weighted by Gasteiger charge is 2.24. The van der Waals surface area contributed by atoms with E-state index in [9.17, 15) is 9.18 Å². The minimum absolute atomic E-state index is 0.0401. The summed E-state index contributed by atoms with van der Waals surface area (Å²) in [5.41, 5.74) is 2.35. The van der Waals surface area contributed by atoms with Crippen molar-refractivity contribution in [3.63, 3.8) is 0 Å². The smallest absolute Gasteiger partial charge is 0.226 e. The normalized spacial score (nSPS) is 17.0. The number of hydrogen-bond acceptors (Lipinski definition) is 3. The summed E-state index contributed by atoms with van der Waals surface area (Å²) < 4.78 is 15.5. The van der Waals surface area contributed by atoms with E-state index >= 15 is 0 Å². The lowest BCUT2D eigenvalue weighted by Gasteiger charge is -2.19. The molecular formula is C19H18ClFN4O. The summed E-state index contributed by atoms with van der Waals surface area (Å²) >= 11 is 5.73. The third-order valence-corrected chi connectivity index (χ3v) is 4.88. The van der Waals surface area contributed by atoms with Gasteiger partial charge in [0.15, 0.2) is 0 Å². The number of aromatic nitrogens is 2. The van der Waals surface area contributed by atoms with Gasteiger partial charge in [-0.25, -0.2) is 9.37 Å². The van der Waals surface area contributed by atoms with E-state index in [-0.39, 0.29) is 23.4 Å². The molecular weight excluding hydrogens is 355 g/mol. The van der Waals surface area contributed by atoms with E-state index in [0.29, 0.717) is 6.54 Å². The number of halogens is 2. The Labute approximate surface area is 155 Å². The van der Waals surface area contributed by atoms with Crippen LogP contribution in [0.1, 0.15) is 12.1 Å². The van der Waals surface area contributed by atoms with Crippen molar-refractivity contribution in [3.05, 3.63) is 65.3 Å². The molecule has 1 aromatic carbocycles. The summed E-state index contributed by atoms with van der Waals surface area (Å²) in [5, 5.41) is 3.16. The number of carbonyl (C=O) groups is 1. The number of pyridine rings is 1. The number of hydrogen-bond donors (Lipinski definition) is 1. The number of nitrogens with one attached hydrogen (secondary N) is 1. The van der Waals surface area contributed by atoms with Gasteiger partial charge >= 0.3 is 0 Å². The lowest BCUT2D eigenvalue weighted by molar-refractivity contribution is -0.121. The Balaban J connectivity index is 1.35. The Bertz CT molecular complexity index is 925. The van der Waals surface area contributed by atoms with Gasteiger partial charge in [0, 0.05) is 37.2 Å². The van der Waals surface area contributed by atoms with Crippen molar-refractivity contribution >= 4 is 28.8 Å². The summed E-state index contributed by atoms with van der Waals surface area (Å²) in [6, 6.07) is 10.6. The third kappa shape index (κ3) is 3.51. The highest BCUT2D eigenvalue weighted by molar-refractivity contribution is 6.30. The quantitative estimate of drug-likeness (QED) is 0.765. The van der Waals surface area contributed by atoms with Gasteiger partial charge < -0.3 is 14.6 Å². The van der Waals surface area contributed by atoms with Gasteiger partial charge in [0.2, 0.25) is 5.91 Å². The van der Waals surface area contributed by atoms with E-state index in [4.69, 9.17) is 11.6 Å². The SMILES string of the molecule is O=C(Cc1cn2ccccc2n1)N[C@H]1CCN(c2ccc(Cl)c(F)c2)C1. The van der Waals surface area contributed by atoms with E-state index in [0.717, 1.165) is 30.0 Å². The first kappa shape index (κ1) is 16.8. The zero-order chi connectivity index (χ0) is 18.1. The van der Waals surface area contributed by atoms with Crippen LogP contribution in [0.5, 0.6) is 0 Å². The predicted molar refractivity (Wildman–Crippen MR) is 99.1 cm³/mol. The van der Waals surface area contributed by atoms with Crippen molar-refractivity contribution < 1.29 is 9.18 Å². The number of amides is 1. The van der Waals surface area contributed by atoms with Crippen LogP contribution in [0.25, 0.3) is 5.65 Å². The fraction of sp³-hybridized carbons (Fsp3) is 0.263. The van der Waals surface area contributed by atoms with Crippen LogP contribution < -0.4 is 10.2 Å². The van der Waals surface area contributed by atoms with Gasteiger partial charge in [-0.1, -0.05) is 17.7 Å². The molecule has 1 atom stereocenters. The number of carbonyl (C=O) groups excluding carboxylic acids is 1. The van der Waals surface area contributed by atoms with Crippen molar-refractivity contribution in [2.75, 3.05) is 18.0 Å². The molecule has 134 valence electrons. The molecule has 1 N–H and O–H groups in total. The van der Waals surface area contributed by atoms with Gasteiger partial charge in [-0.2, -0.15) is 0 Å². The summed E-state index contributed by atoms with van der Waals surface area (Å²) in [4.78, 5) is 18.8. The maximum absolute atomic E-state index is 13.6. The lowest BCUT2D eigenvalue weighted by atomic mass is 10.2. The molecule has 5 nitrogen and oxygen atoms in total. The molecule has 4 rings (SSSR count). The van der Waals surface area contributed by atoms with Crippen molar-refractivity contribution in [2.24, 2.45) is 0 Å². The van der Waals surface area contributed by atoms with Crippen LogP contribution in [0.4, 0.5) is 10.1 Å². The van der Waals surface area contributed by atoms with Crippen LogP contribution >= 0.6 is 11.6 Å². The van der Waals surface area contributed by atoms with Crippen molar-refractivity contribution in [1.29, 1.82) is 0 Å². The van der Waals surface area contributed by atoms with Gasteiger partial charge in [-0.15, -0.1) is 0 Å². The van der Waals surface area contributed by atoms with Crippen LogP contribution in [-0.4, -0.2) is 34.4 Å². The van der Waals surface area contributed by atoms with E-state index in [1.165, 1.54) is 6.07 Å². The topological polar surface area (TPSA) is 49.6 Å². The molecule has 1 aliphatic rings. The molecule has 0 radical (unpaired) electrons. The van der Waals surface area contributed by atoms with E-state index in [1.807, 2.05) is 35.0 Å². The van der Waals surface area contributed by atoms with E-state index < -0.39 is 5.82 Å². The van der Waals surface area contributed by atoms with Crippen LogP contribution in [0.3, 0.4) is 0 Å². The average Bonchev–Trinajstić information content (AvgIpc) is 3.23. The Morgan fingerprint density at radius 3 is 3.04 bits per heavy atom. The molecule has 0 unspecified atom stereocenters. The average molecular weight is 373 g/mol. The molecule has 1 amide bonds. The summed E-state index contributed by atoms with van der Waals surface area (Å²) in [6.45, 7) is 1.42. The molecule has 7 heteroatoms. The highest BCUT2D eigenvalue weighted by Crippen LogP contribution is 2.25. The molecule has 3 aromatic rings. The zero-order valence-electron chi connectivity index (χ0n) is 14.0. The van der Waals surface area contributed by atoms with Gasteiger partial charge in [0.1, 0.15) is 11.5 Å². The molecule has 0 saturated carbocycles. The Morgan fingerprint density at radius 2 is 2.23 bits per heavy atom. The molecule has 3 heterocycles. The first-order chi connectivity index (χ1) is 12.6. The maximum Gasteiger partial charge on any atom is 0.226 e. The number of nitrogens with zero attached hydrogens (tertiary/aromatic N) is 3. The molecule has 0 spiro atoms. The maximum atomic E-state index is 13.6. The van der Waals surface area contributed by atoms with Crippen LogP contribution in [-0.2, 0) is 11.2 Å². The molecule has 26 heavy (non-hydrogen) atoms. The second kappa shape index (κ2) is 6.96. The minimum Gasteiger partial charge on any atom is -0.369 e. The Morgan fingerprint density at radius 1 is 1.35 bits per heavy atom. The molecule has 1 aliphatic heterocycles. The monoisotopic (exact) mass is 372 g/mol. The summed E-state index contributed by atoms with van der Waals surface area (Å²) in [6.07, 6.45) is 4.84. The zero-order valence-corrected chi connectivity index (χ0v) is 14.8. The van der Waals surface area contributed by atoms with Crippen LogP contribution in [0.2, 0.25) is 5.02 Å². The van der Waals surface area contributed by atoms with E-state index in [1.54, 1.807) is 12.1 Å². The van der Waals surface area contributed by atoms with Gasteiger partial charge in [-0.05, 0) is 36.8 Å². The fourth-order valence-electron chi connectivity index (χ4n) is 3.31. The standard InChI is InChI=1S/C19H18ClFN4O/c20-16-5-4-15(10-17(16)21)24-8-6-13(11-24)23-19(26)9-14-12-25-7-2-1-3-18(25)22-14/h1-5,7,10,12-13H,6,8-9,11H2,(H,23,26)/t13-/m0/s1. The van der Waals surface area contributed by atoms with Crippen molar-refractivity contribution in [3.8, 4) is 0 Å². The summed E-state index contributed by atoms with van der Waals surface area (Å²) in [5.74, 6) is -0.481. The molecule has 2 aromatic heterocycles. The van der Waals surface area contributed by atoms with Crippen molar-refractivity contribution in [2.45, 2.75) is 18.9 Å². The third-order valence-electron chi connectivity index (χ3n) is 4.58. The van der Waals surface area contributed by atoms with Gasteiger partial charge in [-0.3, -0.25) is 4.79 Å². The predicted octanol–water partition coefficient (Wildman–Crippen LogP) is 3.06. The highest BCUT2D eigenvalue weighted by atomic mass is 35.5. The second-order valence-corrected chi connectivity index (χ2v) is 6.88. The number of rotatable bonds is 4. The lowest BCUT2D eigenvalue weighted by Crippen LogP contribution is -2.38. The first-order valence-electron chi connectivity index (χ1n) is 8.50. The fourth-order valence-corrected chi connectivity index (χ4v) is 3.43. The van der Waals surface area contributed by atoms with Crippen LogP contribution in [0.15, 0.2) is 48.8 Å². The van der Waals surface area contributed by atoms with Crippen molar-refractivity contribution in [1.82, 2.24) is 14.7 Å². The minimum atomic E-state index is -0.427. The van der Waals surface area contributed by atoms with E-state index in [2.05, 4.69) is 15.2 Å². The Kier molecular flexibility index (Phi) is 4.51. The molecule has 0 bridgehead atoms. The molecule has 0 aliphatic carbocycles. The number of fused-ring (bicyclic) bond motifs is 1. The Hall–Kier alpha value is -2.60. The molecule has 1 fully saturated rings. The number of benzene rings is 1. The van der Waals surface area contributed by atoms with Crippen LogP contribution in [0, 0.1) is 5.82 Å². The number of imidazole rings is 1. The van der Waals surface area contributed by atoms with Gasteiger partial charge in [0.05, 0.1) is 17.1 Å². The summed E-state index contributed by atoms with van der Waals surface area (Å²) in [7, 11) is 0. The largest absolute Gasteiger partial charge is 0.369 e. The number of anilines is 1.